The fraction of sp³-hybridized carbons (Fsp3) is 0.366. The van der Waals surface area contributed by atoms with Gasteiger partial charge in [-0.2, -0.15) is 0 Å². The fourth-order valence-electron chi connectivity index (χ4n) is 15.1. The standard InChI is InChI=1S/2C32H35ClN6O.C18H25N5O/c2*33-27-11-12-28-26(20-27)10-9-25-8-4-13-36-30(25)31(28)38-19-15-35-29(22-38)32(40)39(21-24-6-2-1-3-7-24)17-5-16-37-18-14-34-23-37;24-18(17-13-19-7-8-21-17)23(14-16-5-2-1-3-6-16)11-4-10-22-12-9-20-15-22/h2*1-4,6-8,11-14,18,20,23,29,31,35H,5,9-10,15-17,19,21-22H2;1-3,5-6,9,12,15,17,19,21H,4,7-8,10-11,13-14H2/t29-,31+;29-,31-;17-/m111/s1. The van der Waals surface area contributed by atoms with Crippen LogP contribution in [0.3, 0.4) is 0 Å². The summed E-state index contributed by atoms with van der Waals surface area (Å²) in [5.41, 5.74) is 13.2. The number of piperazine rings is 3. The Morgan fingerprint density at radius 3 is 1.18 bits per heavy atom. The van der Waals surface area contributed by atoms with Crippen LogP contribution in [-0.2, 0) is 79.3 Å². The SMILES string of the molecule is O=C([C@H]1CN([C@@H]2c3ccc(Cl)cc3CCc3cccnc32)CCN1)N(CCCn1ccnc1)Cc1ccccc1.O=C([C@H]1CN([C@H]2c3ccc(Cl)cc3CCc3cccnc32)CCN1)N(CCCn1ccnc1)Cc1ccccc1.O=C([C@H]1CNCCN1)N(CCCn1ccnc1)Cc1ccccc1. The van der Waals surface area contributed by atoms with Gasteiger partial charge >= 0.3 is 0 Å². The average molecular weight is 1440 g/mol. The third-order valence-corrected chi connectivity index (χ3v) is 20.8. The molecule has 15 rings (SSSR count). The van der Waals surface area contributed by atoms with E-state index in [2.05, 4.69) is 128 Å². The average Bonchev–Trinajstić information content (AvgIpc) is 1.65. The molecular formula is C82H95Cl2N17O3. The molecule has 3 saturated heterocycles. The molecule has 0 radical (unpaired) electrons. The summed E-state index contributed by atoms with van der Waals surface area (Å²) in [5, 5.41) is 15.2. The highest BCUT2D eigenvalue weighted by atomic mass is 35.5. The van der Waals surface area contributed by atoms with Gasteiger partial charge in [0.25, 0.3) is 0 Å². The number of nitrogens with one attached hydrogen (secondary N) is 4. The van der Waals surface area contributed by atoms with Crippen molar-refractivity contribution in [2.24, 2.45) is 0 Å². The molecule has 4 N–H and O–H groups in total. The monoisotopic (exact) mass is 1440 g/mol. The van der Waals surface area contributed by atoms with E-state index in [-0.39, 0.29) is 47.9 Å². The van der Waals surface area contributed by atoms with Crippen molar-refractivity contribution < 1.29 is 14.4 Å². The van der Waals surface area contributed by atoms with Gasteiger partial charge in [0.05, 0.1) is 60.6 Å². The number of hydrogen-bond donors (Lipinski definition) is 4. The van der Waals surface area contributed by atoms with Crippen LogP contribution in [0.15, 0.2) is 220 Å². The second-order valence-corrected chi connectivity index (χ2v) is 28.4. The number of pyridine rings is 2. The van der Waals surface area contributed by atoms with Crippen LogP contribution in [0.2, 0.25) is 10.0 Å². The molecule has 22 heteroatoms. The minimum atomic E-state index is -0.295. The van der Waals surface area contributed by atoms with E-state index in [9.17, 15) is 14.4 Å². The summed E-state index contributed by atoms with van der Waals surface area (Å²) < 4.78 is 6.17. The van der Waals surface area contributed by atoms with Gasteiger partial charge in [0, 0.05) is 177 Å². The van der Waals surface area contributed by atoms with Gasteiger partial charge in [-0.05, 0) is 131 Å². The second kappa shape index (κ2) is 37.0. The smallest absolute Gasteiger partial charge is 0.241 e. The van der Waals surface area contributed by atoms with E-state index in [1.54, 1.807) is 18.6 Å². The molecule has 0 saturated carbocycles. The third kappa shape index (κ3) is 19.6. The molecule has 5 atom stereocenters. The highest BCUT2D eigenvalue weighted by Gasteiger charge is 2.39. The minimum absolute atomic E-state index is 0.00724. The Morgan fingerprint density at radius 2 is 0.808 bits per heavy atom. The maximum absolute atomic E-state index is 14.1. The molecule has 3 amide bonds. The number of imidazole rings is 3. The van der Waals surface area contributed by atoms with Crippen molar-refractivity contribution in [1.82, 2.24) is 84.4 Å². The largest absolute Gasteiger partial charge is 0.337 e. The number of rotatable bonds is 23. The first-order valence-corrected chi connectivity index (χ1v) is 37.6. The fourth-order valence-corrected chi connectivity index (χ4v) is 15.5. The molecule has 2 aliphatic carbocycles. The summed E-state index contributed by atoms with van der Waals surface area (Å²) in [6, 6.07) is 50.9. The number of benzene rings is 5. The van der Waals surface area contributed by atoms with Gasteiger partial charge in [0.2, 0.25) is 17.7 Å². The minimum Gasteiger partial charge on any atom is -0.337 e. The number of nitrogens with zero attached hydrogens (tertiary/aromatic N) is 13. The molecule has 540 valence electrons. The Bertz CT molecular complexity index is 4080. The zero-order valence-electron chi connectivity index (χ0n) is 59.1. The number of aromatic nitrogens is 8. The summed E-state index contributed by atoms with van der Waals surface area (Å²) in [4.78, 5) is 74.1. The van der Waals surface area contributed by atoms with E-state index in [1.807, 2.05) is 148 Å². The quantitative estimate of drug-likeness (QED) is 0.0473. The molecule has 5 aromatic carbocycles. The van der Waals surface area contributed by atoms with Gasteiger partial charge in [0.1, 0.15) is 0 Å². The molecule has 5 aromatic heterocycles. The van der Waals surface area contributed by atoms with E-state index in [4.69, 9.17) is 33.2 Å². The molecule has 104 heavy (non-hydrogen) atoms. The lowest BCUT2D eigenvalue weighted by Crippen LogP contribution is -2.58. The van der Waals surface area contributed by atoms with Crippen molar-refractivity contribution in [2.75, 3.05) is 78.5 Å². The molecule has 3 aliphatic heterocycles. The van der Waals surface area contributed by atoms with Crippen molar-refractivity contribution >= 4 is 40.9 Å². The van der Waals surface area contributed by atoms with Crippen LogP contribution in [0.5, 0.6) is 0 Å². The van der Waals surface area contributed by atoms with Gasteiger partial charge in [-0.3, -0.25) is 34.2 Å². The molecule has 5 aliphatic rings. The Kier molecular flexibility index (Phi) is 26.0. The Morgan fingerprint density at radius 1 is 0.423 bits per heavy atom. The lowest BCUT2D eigenvalue weighted by atomic mass is 9.95. The first-order chi connectivity index (χ1) is 51.1. The van der Waals surface area contributed by atoms with Crippen LogP contribution in [0, 0.1) is 0 Å². The summed E-state index contributed by atoms with van der Waals surface area (Å²) in [6.07, 6.45) is 26.9. The molecular weight excluding hydrogens is 1340 g/mol. The number of aryl methyl sites for hydroxylation is 7. The van der Waals surface area contributed by atoms with E-state index in [0.29, 0.717) is 52.4 Å². The molecule has 10 aromatic rings. The van der Waals surface area contributed by atoms with Crippen LogP contribution in [0.1, 0.15) is 92.8 Å². The zero-order valence-corrected chi connectivity index (χ0v) is 60.7. The maximum atomic E-state index is 14.1. The number of amides is 3. The molecule has 0 unspecified atom stereocenters. The Labute approximate surface area is 620 Å². The number of halogens is 2. The van der Waals surface area contributed by atoms with Crippen molar-refractivity contribution in [3.8, 4) is 0 Å². The maximum Gasteiger partial charge on any atom is 0.241 e. The Hall–Kier alpha value is -9.22. The van der Waals surface area contributed by atoms with Crippen LogP contribution in [0.25, 0.3) is 0 Å². The number of hydrogen-bond acceptors (Lipinski definition) is 14. The van der Waals surface area contributed by atoms with Crippen molar-refractivity contribution in [1.29, 1.82) is 0 Å². The number of carbonyl (C=O) groups excluding carboxylic acids is 3. The summed E-state index contributed by atoms with van der Waals surface area (Å²) in [7, 11) is 0. The van der Waals surface area contributed by atoms with Crippen molar-refractivity contribution in [2.45, 2.75) is 114 Å². The molecule has 8 heterocycles. The third-order valence-electron chi connectivity index (χ3n) is 20.4. The normalized spacial score (nSPS) is 18.6. The van der Waals surface area contributed by atoms with Crippen molar-refractivity contribution in [3.63, 3.8) is 0 Å². The van der Waals surface area contributed by atoms with Crippen LogP contribution in [0.4, 0.5) is 0 Å². The van der Waals surface area contributed by atoms with E-state index in [1.165, 1.54) is 33.4 Å². The lowest BCUT2D eigenvalue weighted by Gasteiger charge is -2.40. The lowest BCUT2D eigenvalue weighted by molar-refractivity contribution is -0.136. The van der Waals surface area contributed by atoms with Gasteiger partial charge in [0.15, 0.2) is 0 Å². The van der Waals surface area contributed by atoms with E-state index in [0.717, 1.165) is 149 Å². The molecule has 20 nitrogen and oxygen atoms in total. The summed E-state index contributed by atoms with van der Waals surface area (Å²) in [5.74, 6) is 0.465. The van der Waals surface area contributed by atoms with Gasteiger partial charge < -0.3 is 49.7 Å². The van der Waals surface area contributed by atoms with Crippen LogP contribution >= 0.6 is 23.2 Å². The number of carbonyl (C=O) groups is 3. The van der Waals surface area contributed by atoms with Gasteiger partial charge in [-0.15, -0.1) is 0 Å². The predicted octanol–water partition coefficient (Wildman–Crippen LogP) is 9.89. The highest BCUT2D eigenvalue weighted by molar-refractivity contribution is 6.31. The highest BCUT2D eigenvalue weighted by Crippen LogP contribution is 2.39. The van der Waals surface area contributed by atoms with Crippen molar-refractivity contribution in [3.05, 3.63) is 292 Å². The first-order valence-electron chi connectivity index (χ1n) is 36.8. The Balaban J connectivity index is 0.000000143. The van der Waals surface area contributed by atoms with E-state index < -0.39 is 0 Å². The predicted molar refractivity (Wildman–Crippen MR) is 407 cm³/mol. The molecule has 3 fully saturated rings. The topological polar surface area (TPSA) is 195 Å². The van der Waals surface area contributed by atoms with Crippen LogP contribution < -0.4 is 21.3 Å². The summed E-state index contributed by atoms with van der Waals surface area (Å²) in [6.45, 7) is 13.3. The van der Waals surface area contributed by atoms with E-state index >= 15 is 0 Å². The zero-order chi connectivity index (χ0) is 71.2. The van der Waals surface area contributed by atoms with Crippen LogP contribution in [-0.4, -0.2) is 178 Å². The molecule has 0 spiro atoms. The summed E-state index contributed by atoms with van der Waals surface area (Å²) >= 11 is 12.8. The first kappa shape index (κ1) is 73.1. The number of fused-ring (bicyclic) bond motifs is 4. The molecule has 0 bridgehead atoms. The second-order valence-electron chi connectivity index (χ2n) is 27.5. The van der Waals surface area contributed by atoms with Gasteiger partial charge in [-0.1, -0.05) is 138 Å². The van der Waals surface area contributed by atoms with Gasteiger partial charge in [-0.25, -0.2) is 15.0 Å².